The van der Waals surface area contributed by atoms with Gasteiger partial charge in [-0.3, -0.25) is 0 Å². The van der Waals surface area contributed by atoms with Crippen LogP contribution in [0, 0.1) is 5.92 Å². The maximum Gasteiger partial charge on any atom is 0.402 e. The van der Waals surface area contributed by atoms with Crippen molar-refractivity contribution in [2.45, 2.75) is 38.4 Å². The zero-order chi connectivity index (χ0) is 14.7. The molecule has 1 aliphatic carbocycles. The molecular weight excluding hydrogens is 283 g/mol. The molecule has 1 fully saturated rings. The molecule has 1 saturated carbocycles. The minimum Gasteiger partial charge on any atom is -0.330 e. The van der Waals surface area contributed by atoms with Crippen molar-refractivity contribution in [1.82, 2.24) is 9.03 Å². The monoisotopic (exact) mass is 303 g/mol. The number of hydrogen-bond donors (Lipinski definition) is 2. The first kappa shape index (κ1) is 16.7. The third-order valence-corrected chi connectivity index (χ3v) is 5.02. The molecule has 0 bridgehead atoms. The van der Waals surface area contributed by atoms with Crippen molar-refractivity contribution in [3.05, 3.63) is 0 Å². The number of alkyl halides is 3. The second-order valence-corrected chi connectivity index (χ2v) is 6.35. The number of nitrogens with one attached hydrogen (secondary N) is 1. The van der Waals surface area contributed by atoms with Gasteiger partial charge in [-0.15, -0.1) is 0 Å². The third-order valence-electron chi connectivity index (χ3n) is 3.37. The van der Waals surface area contributed by atoms with Gasteiger partial charge in [0, 0.05) is 12.6 Å². The first-order chi connectivity index (χ1) is 8.71. The quantitative estimate of drug-likeness (QED) is 0.763. The van der Waals surface area contributed by atoms with Crippen LogP contribution in [0.3, 0.4) is 0 Å². The predicted molar refractivity (Wildman–Crippen MR) is 65.5 cm³/mol. The Labute approximate surface area is 111 Å². The van der Waals surface area contributed by atoms with Gasteiger partial charge < -0.3 is 5.73 Å². The molecular formula is C10H20F3N3O2S. The molecule has 0 aromatic heterocycles. The fourth-order valence-electron chi connectivity index (χ4n) is 2.51. The summed E-state index contributed by atoms with van der Waals surface area (Å²) in [6, 6.07) is -0.305. The smallest absolute Gasteiger partial charge is 0.330 e. The fraction of sp³-hybridized carbons (Fsp3) is 1.00. The van der Waals surface area contributed by atoms with E-state index in [1.165, 1.54) is 0 Å². The summed E-state index contributed by atoms with van der Waals surface area (Å²) in [5, 5.41) is 0. The van der Waals surface area contributed by atoms with Crippen molar-refractivity contribution >= 4 is 10.2 Å². The summed E-state index contributed by atoms with van der Waals surface area (Å²) >= 11 is 0. The Hall–Kier alpha value is -0.380. The van der Waals surface area contributed by atoms with Gasteiger partial charge in [0.2, 0.25) is 0 Å². The highest BCUT2D eigenvalue weighted by Crippen LogP contribution is 2.30. The molecule has 0 heterocycles. The molecule has 0 amide bonds. The van der Waals surface area contributed by atoms with E-state index in [0.717, 1.165) is 17.1 Å². The number of nitrogens with zero attached hydrogens (tertiary/aromatic N) is 1. The van der Waals surface area contributed by atoms with Gasteiger partial charge in [-0.25, -0.2) is 0 Å². The van der Waals surface area contributed by atoms with E-state index in [-0.39, 0.29) is 18.5 Å². The minimum atomic E-state index is -4.56. The van der Waals surface area contributed by atoms with Gasteiger partial charge >= 0.3 is 6.18 Å². The van der Waals surface area contributed by atoms with E-state index < -0.39 is 22.9 Å². The molecule has 5 nitrogen and oxygen atoms in total. The van der Waals surface area contributed by atoms with Gasteiger partial charge in [0.1, 0.15) is 6.54 Å². The maximum atomic E-state index is 12.1. The van der Waals surface area contributed by atoms with Crippen LogP contribution in [0.25, 0.3) is 0 Å². The molecule has 1 rings (SSSR count). The van der Waals surface area contributed by atoms with Gasteiger partial charge in [0.15, 0.2) is 0 Å². The lowest BCUT2D eigenvalue weighted by atomic mass is 10.0. The van der Waals surface area contributed by atoms with Crippen LogP contribution in [0.4, 0.5) is 13.2 Å². The van der Waals surface area contributed by atoms with E-state index in [9.17, 15) is 21.6 Å². The second kappa shape index (κ2) is 6.38. The molecule has 0 saturated heterocycles. The number of rotatable bonds is 6. The summed E-state index contributed by atoms with van der Waals surface area (Å²) in [7, 11) is -4.12. The van der Waals surface area contributed by atoms with E-state index in [1.54, 1.807) is 11.6 Å². The van der Waals surface area contributed by atoms with Crippen LogP contribution in [-0.4, -0.2) is 44.6 Å². The predicted octanol–water partition coefficient (Wildman–Crippen LogP) is 0.832. The Kier molecular flexibility index (Phi) is 5.60. The van der Waals surface area contributed by atoms with E-state index in [0.29, 0.717) is 13.0 Å². The topological polar surface area (TPSA) is 75.4 Å². The van der Waals surface area contributed by atoms with Crippen molar-refractivity contribution in [2.75, 3.05) is 19.6 Å². The summed E-state index contributed by atoms with van der Waals surface area (Å²) < 4.78 is 62.9. The summed E-state index contributed by atoms with van der Waals surface area (Å²) in [5.41, 5.74) is 5.58. The lowest BCUT2D eigenvalue weighted by Gasteiger charge is -2.30. The molecule has 9 heteroatoms. The molecule has 2 atom stereocenters. The average molecular weight is 303 g/mol. The first-order valence-corrected chi connectivity index (χ1v) is 7.68. The van der Waals surface area contributed by atoms with Crippen LogP contribution < -0.4 is 10.5 Å². The van der Waals surface area contributed by atoms with Crippen LogP contribution in [0.15, 0.2) is 0 Å². The Bertz CT molecular complexity index is 386. The average Bonchev–Trinajstić information content (AvgIpc) is 2.74. The van der Waals surface area contributed by atoms with Gasteiger partial charge in [0.25, 0.3) is 10.2 Å². The standard InChI is InChI=1S/C10H20F3N3O2S/c1-2-16(9-5-3-4-8(9)6-14)19(17,18)15-7-10(11,12)13/h8-9,15H,2-7,14H2,1H3. The molecule has 19 heavy (non-hydrogen) atoms. The molecule has 1 aliphatic rings. The summed E-state index contributed by atoms with van der Waals surface area (Å²) in [4.78, 5) is 0. The minimum absolute atomic E-state index is 0.0161. The van der Waals surface area contributed by atoms with Crippen LogP contribution in [-0.2, 0) is 10.2 Å². The van der Waals surface area contributed by atoms with Crippen molar-refractivity contribution in [2.24, 2.45) is 11.7 Å². The van der Waals surface area contributed by atoms with Crippen molar-refractivity contribution in [3.63, 3.8) is 0 Å². The van der Waals surface area contributed by atoms with Gasteiger partial charge in [-0.05, 0) is 25.3 Å². The first-order valence-electron chi connectivity index (χ1n) is 6.24. The van der Waals surface area contributed by atoms with Crippen molar-refractivity contribution in [3.8, 4) is 0 Å². The molecule has 0 aliphatic heterocycles. The zero-order valence-corrected chi connectivity index (χ0v) is 11.6. The molecule has 114 valence electrons. The summed E-state index contributed by atoms with van der Waals surface area (Å²) in [6.45, 7) is 0.537. The van der Waals surface area contributed by atoms with E-state index in [4.69, 9.17) is 5.73 Å². The van der Waals surface area contributed by atoms with E-state index in [1.807, 2.05) is 0 Å². The Morgan fingerprint density at radius 2 is 2.00 bits per heavy atom. The number of hydrogen-bond acceptors (Lipinski definition) is 3. The Morgan fingerprint density at radius 1 is 1.37 bits per heavy atom. The molecule has 0 aromatic carbocycles. The van der Waals surface area contributed by atoms with Crippen LogP contribution >= 0.6 is 0 Å². The largest absolute Gasteiger partial charge is 0.402 e. The molecule has 0 aromatic rings. The van der Waals surface area contributed by atoms with Crippen molar-refractivity contribution in [1.29, 1.82) is 0 Å². The molecule has 3 N–H and O–H groups in total. The lowest BCUT2D eigenvalue weighted by Crippen LogP contribution is -2.50. The Balaban J connectivity index is 2.78. The highest BCUT2D eigenvalue weighted by Gasteiger charge is 2.38. The Morgan fingerprint density at radius 3 is 2.47 bits per heavy atom. The van der Waals surface area contributed by atoms with Gasteiger partial charge in [-0.1, -0.05) is 13.3 Å². The van der Waals surface area contributed by atoms with Crippen molar-refractivity contribution < 1.29 is 21.6 Å². The number of halogens is 3. The van der Waals surface area contributed by atoms with Gasteiger partial charge in [-0.2, -0.15) is 30.6 Å². The number of nitrogens with two attached hydrogens (primary N) is 1. The molecule has 2 unspecified atom stereocenters. The summed E-state index contributed by atoms with van der Waals surface area (Å²) in [6.07, 6.45) is -2.26. The molecule has 0 spiro atoms. The third kappa shape index (κ3) is 4.59. The fourth-order valence-corrected chi connectivity index (χ4v) is 4.00. The lowest BCUT2D eigenvalue weighted by molar-refractivity contribution is -0.121. The van der Waals surface area contributed by atoms with Gasteiger partial charge in [0.05, 0.1) is 0 Å². The zero-order valence-electron chi connectivity index (χ0n) is 10.8. The van der Waals surface area contributed by atoms with E-state index >= 15 is 0 Å². The van der Waals surface area contributed by atoms with Crippen LogP contribution in [0.2, 0.25) is 0 Å². The van der Waals surface area contributed by atoms with E-state index in [2.05, 4.69) is 0 Å². The SMILES string of the molecule is CCN(C1CCCC1CN)S(=O)(=O)NCC(F)(F)F. The highest BCUT2D eigenvalue weighted by molar-refractivity contribution is 7.87. The summed E-state index contributed by atoms with van der Waals surface area (Å²) in [5.74, 6) is 0.0161. The van der Waals surface area contributed by atoms with Crippen LogP contribution in [0.5, 0.6) is 0 Å². The normalized spacial score (nSPS) is 25.2. The maximum absolute atomic E-state index is 12.1. The second-order valence-electron chi connectivity index (χ2n) is 4.64. The van der Waals surface area contributed by atoms with Crippen LogP contribution in [0.1, 0.15) is 26.2 Å². The highest BCUT2D eigenvalue weighted by atomic mass is 32.2. The molecule has 0 radical (unpaired) electrons.